The molecule has 2 heterocycles. The van der Waals surface area contributed by atoms with Gasteiger partial charge in [0.25, 0.3) is 0 Å². The number of ether oxygens (including phenoxy) is 1. The first-order chi connectivity index (χ1) is 10.7. The highest BCUT2D eigenvalue weighted by molar-refractivity contribution is 5.61. The topological polar surface area (TPSA) is 39.9 Å². The van der Waals surface area contributed by atoms with E-state index in [2.05, 4.69) is 41.4 Å². The van der Waals surface area contributed by atoms with Crippen LogP contribution in [0.15, 0.2) is 24.3 Å². The fraction of sp³-hybridized carbons (Fsp3) is 0.556. The quantitative estimate of drug-likeness (QED) is 0.854. The van der Waals surface area contributed by atoms with Gasteiger partial charge in [-0.2, -0.15) is 15.0 Å². The van der Waals surface area contributed by atoms with Crippen molar-refractivity contribution in [3.8, 4) is 11.3 Å². The van der Waals surface area contributed by atoms with Crippen molar-refractivity contribution in [3.05, 3.63) is 35.5 Å². The van der Waals surface area contributed by atoms with Gasteiger partial charge in [-0.1, -0.05) is 43.7 Å². The van der Waals surface area contributed by atoms with Crippen LogP contribution in [-0.4, -0.2) is 27.7 Å². The fourth-order valence-electron chi connectivity index (χ4n) is 2.62. The van der Waals surface area contributed by atoms with E-state index in [4.69, 9.17) is 4.74 Å². The number of nitrogens with zero attached hydrogens (tertiary/aromatic N) is 3. The van der Waals surface area contributed by atoms with Gasteiger partial charge in [0.15, 0.2) is 0 Å². The van der Waals surface area contributed by atoms with Crippen LogP contribution in [0, 0.1) is 13.8 Å². The Labute approximate surface area is 133 Å². The summed E-state index contributed by atoms with van der Waals surface area (Å²) >= 11 is 0. The average Bonchev–Trinajstić information content (AvgIpc) is 2.91. The molecule has 1 aliphatic heterocycles. The fourth-order valence-corrected chi connectivity index (χ4v) is 2.62. The van der Waals surface area contributed by atoms with E-state index in [0.717, 1.165) is 36.5 Å². The summed E-state index contributed by atoms with van der Waals surface area (Å²) in [5.74, 6) is 0. The molecule has 1 unspecified atom stereocenters. The molecule has 0 amide bonds. The predicted molar refractivity (Wildman–Crippen MR) is 89.9 cm³/mol. The summed E-state index contributed by atoms with van der Waals surface area (Å²) in [7, 11) is 0. The minimum absolute atomic E-state index is 0.265. The first kappa shape index (κ1) is 16.7. The summed E-state index contributed by atoms with van der Waals surface area (Å²) in [6.45, 7) is 9.73. The number of hydrogen-bond donors (Lipinski definition) is 0. The van der Waals surface area contributed by atoms with E-state index in [0.29, 0.717) is 0 Å². The van der Waals surface area contributed by atoms with Crippen LogP contribution in [0.3, 0.4) is 0 Å². The number of rotatable bonds is 3. The van der Waals surface area contributed by atoms with Crippen LogP contribution < -0.4 is 0 Å². The molecule has 1 atom stereocenters. The molecule has 1 saturated heterocycles. The number of aromatic nitrogens is 3. The summed E-state index contributed by atoms with van der Waals surface area (Å²) in [5.41, 5.74) is 4.34. The molecule has 0 N–H and O–H groups in total. The molecule has 22 heavy (non-hydrogen) atoms. The second-order valence-electron chi connectivity index (χ2n) is 5.54. The Hall–Kier alpha value is -1.68. The minimum atomic E-state index is 0.265. The molecule has 4 heteroatoms. The number of benzene rings is 1. The second-order valence-corrected chi connectivity index (χ2v) is 5.54. The van der Waals surface area contributed by atoms with Crippen molar-refractivity contribution in [2.75, 3.05) is 6.61 Å². The van der Waals surface area contributed by atoms with Crippen LogP contribution in [0.5, 0.6) is 0 Å². The Morgan fingerprint density at radius 1 is 1.09 bits per heavy atom. The third-order valence-electron chi connectivity index (χ3n) is 3.79. The molecule has 0 bridgehead atoms. The van der Waals surface area contributed by atoms with E-state index >= 15 is 0 Å². The molecule has 2 aromatic rings. The standard InChI is InChI=1S/C16H21N3O.C2H6/c1-12-6-8-14(9-7-12)16-13(2)17-19(18-16)11-15-5-3-4-10-20-15;1-2/h6-9,15H,3-5,10-11H2,1-2H3;1-2H3. The highest BCUT2D eigenvalue weighted by atomic mass is 16.5. The Balaban J connectivity index is 0.000000847. The lowest BCUT2D eigenvalue weighted by atomic mass is 10.1. The van der Waals surface area contributed by atoms with Crippen molar-refractivity contribution in [2.45, 2.75) is 59.6 Å². The van der Waals surface area contributed by atoms with Gasteiger partial charge in [0.1, 0.15) is 5.69 Å². The lowest BCUT2D eigenvalue weighted by Gasteiger charge is -2.21. The first-order valence-electron chi connectivity index (χ1n) is 8.33. The second kappa shape index (κ2) is 8.08. The van der Waals surface area contributed by atoms with Crippen LogP contribution in [-0.2, 0) is 11.3 Å². The predicted octanol–water partition coefficient (Wildman–Crippen LogP) is 4.16. The lowest BCUT2D eigenvalue weighted by molar-refractivity contribution is 0.00158. The molecular weight excluding hydrogens is 274 g/mol. The molecule has 1 aliphatic rings. The van der Waals surface area contributed by atoms with Crippen molar-refractivity contribution in [1.29, 1.82) is 0 Å². The van der Waals surface area contributed by atoms with E-state index in [1.54, 1.807) is 4.80 Å². The smallest absolute Gasteiger partial charge is 0.115 e. The molecule has 4 nitrogen and oxygen atoms in total. The Bertz CT molecular complexity index is 569. The molecule has 0 saturated carbocycles. The van der Waals surface area contributed by atoms with Crippen molar-refractivity contribution >= 4 is 0 Å². The van der Waals surface area contributed by atoms with Crippen LogP contribution >= 0.6 is 0 Å². The first-order valence-corrected chi connectivity index (χ1v) is 8.33. The normalized spacial score (nSPS) is 17.7. The van der Waals surface area contributed by atoms with Crippen molar-refractivity contribution in [1.82, 2.24) is 15.0 Å². The van der Waals surface area contributed by atoms with Crippen LogP contribution in [0.25, 0.3) is 11.3 Å². The SMILES string of the molecule is CC.Cc1ccc(-c2nn(CC3CCCCO3)nc2C)cc1. The molecule has 0 radical (unpaired) electrons. The molecule has 1 fully saturated rings. The van der Waals surface area contributed by atoms with Gasteiger partial charge in [-0.05, 0) is 33.1 Å². The number of hydrogen-bond acceptors (Lipinski definition) is 3. The van der Waals surface area contributed by atoms with Gasteiger partial charge in [0.2, 0.25) is 0 Å². The third-order valence-corrected chi connectivity index (χ3v) is 3.79. The average molecular weight is 301 g/mol. The number of aryl methyl sites for hydroxylation is 2. The minimum Gasteiger partial charge on any atom is -0.376 e. The monoisotopic (exact) mass is 301 g/mol. The van der Waals surface area contributed by atoms with Gasteiger partial charge < -0.3 is 4.74 Å². The van der Waals surface area contributed by atoms with Gasteiger partial charge >= 0.3 is 0 Å². The highest BCUT2D eigenvalue weighted by Gasteiger charge is 2.17. The Kier molecular flexibility index (Phi) is 6.13. The molecule has 1 aromatic carbocycles. The maximum absolute atomic E-state index is 5.75. The largest absolute Gasteiger partial charge is 0.376 e. The summed E-state index contributed by atoms with van der Waals surface area (Å²) in [6, 6.07) is 8.43. The van der Waals surface area contributed by atoms with E-state index in [-0.39, 0.29) is 6.10 Å². The Morgan fingerprint density at radius 2 is 1.82 bits per heavy atom. The van der Waals surface area contributed by atoms with Gasteiger partial charge in [0.05, 0.1) is 18.3 Å². The van der Waals surface area contributed by atoms with Crippen molar-refractivity contribution < 1.29 is 4.74 Å². The van der Waals surface area contributed by atoms with Crippen LogP contribution in [0.4, 0.5) is 0 Å². The van der Waals surface area contributed by atoms with Crippen molar-refractivity contribution in [3.63, 3.8) is 0 Å². The van der Waals surface area contributed by atoms with E-state index < -0.39 is 0 Å². The molecule has 120 valence electrons. The van der Waals surface area contributed by atoms with Crippen LogP contribution in [0.1, 0.15) is 44.4 Å². The van der Waals surface area contributed by atoms with Gasteiger partial charge in [-0.15, -0.1) is 0 Å². The van der Waals surface area contributed by atoms with E-state index in [9.17, 15) is 0 Å². The molecule has 0 aliphatic carbocycles. The van der Waals surface area contributed by atoms with Gasteiger partial charge in [0, 0.05) is 12.2 Å². The van der Waals surface area contributed by atoms with E-state index in [1.165, 1.54) is 18.4 Å². The molecular formula is C18H27N3O. The summed E-state index contributed by atoms with van der Waals surface area (Å²) in [5, 5.41) is 9.16. The summed E-state index contributed by atoms with van der Waals surface area (Å²) in [4.78, 5) is 1.79. The highest BCUT2D eigenvalue weighted by Crippen LogP contribution is 2.21. The van der Waals surface area contributed by atoms with Gasteiger partial charge in [-0.3, -0.25) is 0 Å². The zero-order chi connectivity index (χ0) is 15.9. The molecule has 3 rings (SSSR count). The van der Waals surface area contributed by atoms with Gasteiger partial charge in [-0.25, -0.2) is 0 Å². The maximum atomic E-state index is 5.75. The zero-order valence-electron chi connectivity index (χ0n) is 14.2. The molecule has 0 spiro atoms. The lowest BCUT2D eigenvalue weighted by Crippen LogP contribution is -2.25. The molecule has 1 aromatic heterocycles. The Morgan fingerprint density at radius 3 is 2.45 bits per heavy atom. The summed E-state index contributed by atoms with van der Waals surface area (Å²) < 4.78 is 5.75. The van der Waals surface area contributed by atoms with Crippen molar-refractivity contribution in [2.24, 2.45) is 0 Å². The van der Waals surface area contributed by atoms with E-state index in [1.807, 2.05) is 20.8 Å². The summed E-state index contributed by atoms with van der Waals surface area (Å²) in [6.07, 6.45) is 3.80. The zero-order valence-corrected chi connectivity index (χ0v) is 14.2. The maximum Gasteiger partial charge on any atom is 0.115 e. The third kappa shape index (κ3) is 4.17. The van der Waals surface area contributed by atoms with Crippen LogP contribution in [0.2, 0.25) is 0 Å².